The second kappa shape index (κ2) is 4.36. The van der Waals surface area contributed by atoms with E-state index in [-0.39, 0.29) is 11.5 Å². The molecular weight excluding hydrogens is 257 g/mol. The number of halogens is 1. The van der Waals surface area contributed by atoms with Gasteiger partial charge in [-0.3, -0.25) is 0 Å². The minimum atomic E-state index is -0.393. The van der Waals surface area contributed by atoms with E-state index >= 15 is 0 Å². The molecule has 0 aliphatic carbocycles. The Morgan fingerprint density at radius 3 is 2.40 bits per heavy atom. The zero-order chi connectivity index (χ0) is 11.7. The standard InChI is InChI=1S/C10H19BBrNO2/c1-9(2,3)15-8(14)13-6-10(4-11,5-12)7-13/h4-7,11H2,1-3H3. The molecule has 1 saturated heterocycles. The Labute approximate surface area is 101 Å². The smallest absolute Gasteiger partial charge is 0.410 e. The molecule has 1 fully saturated rings. The Morgan fingerprint density at radius 2 is 2.07 bits per heavy atom. The first-order valence-electron chi connectivity index (χ1n) is 5.36. The molecule has 0 radical (unpaired) electrons. The third-order valence-corrected chi connectivity index (χ3v) is 3.93. The largest absolute Gasteiger partial charge is 0.444 e. The van der Waals surface area contributed by atoms with E-state index in [1.165, 1.54) is 0 Å². The molecule has 5 heteroatoms. The van der Waals surface area contributed by atoms with Crippen molar-refractivity contribution in [2.75, 3.05) is 18.4 Å². The Bertz CT molecular complexity index is 240. The van der Waals surface area contributed by atoms with Gasteiger partial charge < -0.3 is 9.64 Å². The molecule has 0 aromatic rings. The van der Waals surface area contributed by atoms with E-state index in [2.05, 4.69) is 23.8 Å². The van der Waals surface area contributed by atoms with Crippen molar-refractivity contribution in [1.82, 2.24) is 4.90 Å². The molecule has 1 aliphatic rings. The molecule has 15 heavy (non-hydrogen) atoms. The molecule has 0 aromatic heterocycles. The van der Waals surface area contributed by atoms with Crippen LogP contribution in [0.15, 0.2) is 0 Å². The van der Waals surface area contributed by atoms with E-state index in [1.54, 1.807) is 4.90 Å². The lowest BCUT2D eigenvalue weighted by atomic mass is 9.72. The summed E-state index contributed by atoms with van der Waals surface area (Å²) in [4.78, 5) is 13.4. The fraction of sp³-hybridized carbons (Fsp3) is 0.900. The summed E-state index contributed by atoms with van der Waals surface area (Å²) in [6, 6.07) is 0. The molecule has 1 aliphatic heterocycles. The van der Waals surface area contributed by atoms with Gasteiger partial charge in [0.05, 0.1) is 0 Å². The van der Waals surface area contributed by atoms with Crippen LogP contribution in [0.4, 0.5) is 4.79 Å². The van der Waals surface area contributed by atoms with Crippen LogP contribution in [0.2, 0.25) is 6.32 Å². The number of hydrogen-bond acceptors (Lipinski definition) is 2. The summed E-state index contributed by atoms with van der Waals surface area (Å²) in [6.45, 7) is 7.29. The van der Waals surface area contributed by atoms with Gasteiger partial charge in [0.1, 0.15) is 13.4 Å². The van der Waals surface area contributed by atoms with Crippen LogP contribution >= 0.6 is 15.9 Å². The van der Waals surface area contributed by atoms with Crippen LogP contribution in [0, 0.1) is 5.41 Å². The van der Waals surface area contributed by atoms with Gasteiger partial charge in [0.2, 0.25) is 0 Å². The summed E-state index contributed by atoms with van der Waals surface area (Å²) < 4.78 is 5.30. The van der Waals surface area contributed by atoms with Crippen molar-refractivity contribution in [2.24, 2.45) is 5.41 Å². The van der Waals surface area contributed by atoms with Crippen molar-refractivity contribution in [3.8, 4) is 0 Å². The van der Waals surface area contributed by atoms with Crippen LogP contribution in [0.25, 0.3) is 0 Å². The number of carbonyl (C=O) groups is 1. The minimum absolute atomic E-state index is 0.187. The van der Waals surface area contributed by atoms with Gasteiger partial charge in [-0.05, 0) is 20.8 Å². The average molecular weight is 276 g/mol. The van der Waals surface area contributed by atoms with E-state index in [0.717, 1.165) is 24.7 Å². The minimum Gasteiger partial charge on any atom is -0.444 e. The predicted octanol–water partition coefficient (Wildman–Crippen LogP) is 1.67. The van der Waals surface area contributed by atoms with Crippen LogP contribution in [-0.4, -0.2) is 42.9 Å². The Kier molecular flexibility index (Phi) is 3.74. The normalized spacial score (nSPS) is 19.6. The third-order valence-electron chi connectivity index (χ3n) is 2.74. The number of carbonyl (C=O) groups excluding carboxylic acids is 1. The highest BCUT2D eigenvalue weighted by molar-refractivity contribution is 9.09. The van der Waals surface area contributed by atoms with Crippen LogP contribution in [0.1, 0.15) is 20.8 Å². The maximum atomic E-state index is 11.6. The lowest BCUT2D eigenvalue weighted by Gasteiger charge is -2.49. The lowest BCUT2D eigenvalue weighted by molar-refractivity contribution is -0.0197. The van der Waals surface area contributed by atoms with Crippen LogP contribution < -0.4 is 0 Å². The summed E-state index contributed by atoms with van der Waals surface area (Å²) in [6.07, 6.45) is 0.907. The molecule has 1 heterocycles. The number of nitrogens with zero attached hydrogens (tertiary/aromatic N) is 1. The van der Waals surface area contributed by atoms with Crippen LogP contribution in [0.3, 0.4) is 0 Å². The summed E-state index contributed by atoms with van der Waals surface area (Å²) in [5, 5.41) is 0.954. The lowest BCUT2D eigenvalue weighted by Crippen LogP contribution is -2.59. The Hall–Kier alpha value is -0.185. The van der Waals surface area contributed by atoms with Gasteiger partial charge >= 0.3 is 6.09 Å². The third kappa shape index (κ3) is 3.13. The van der Waals surface area contributed by atoms with E-state index in [4.69, 9.17) is 4.74 Å². The van der Waals surface area contributed by atoms with E-state index in [9.17, 15) is 4.79 Å². The highest BCUT2D eigenvalue weighted by atomic mass is 79.9. The van der Waals surface area contributed by atoms with Gasteiger partial charge in [-0.15, -0.1) is 0 Å². The van der Waals surface area contributed by atoms with Crippen LogP contribution in [0.5, 0.6) is 0 Å². The summed E-state index contributed by atoms with van der Waals surface area (Å²) >= 11 is 3.50. The zero-order valence-electron chi connectivity index (χ0n) is 9.97. The molecule has 1 amide bonds. The van der Waals surface area contributed by atoms with Crippen molar-refractivity contribution in [3.63, 3.8) is 0 Å². The number of rotatable bonds is 2. The number of hydrogen-bond donors (Lipinski definition) is 0. The fourth-order valence-electron chi connectivity index (χ4n) is 1.62. The van der Waals surface area contributed by atoms with Gasteiger partial charge in [0, 0.05) is 23.8 Å². The molecule has 0 saturated carbocycles. The second-order valence-corrected chi connectivity index (χ2v) is 5.88. The predicted molar refractivity (Wildman–Crippen MR) is 67.4 cm³/mol. The van der Waals surface area contributed by atoms with Crippen molar-refractivity contribution in [3.05, 3.63) is 0 Å². The molecule has 0 N–H and O–H groups in total. The number of likely N-dealkylation sites (tertiary alicyclic amines) is 1. The number of ether oxygens (including phenoxy) is 1. The molecule has 0 atom stereocenters. The monoisotopic (exact) mass is 275 g/mol. The highest BCUT2D eigenvalue weighted by Crippen LogP contribution is 2.36. The molecule has 0 bridgehead atoms. The van der Waals surface area contributed by atoms with Crippen molar-refractivity contribution in [2.45, 2.75) is 32.7 Å². The summed E-state index contributed by atoms with van der Waals surface area (Å²) in [5.41, 5.74) is -0.118. The maximum absolute atomic E-state index is 11.6. The highest BCUT2D eigenvalue weighted by Gasteiger charge is 2.44. The van der Waals surface area contributed by atoms with E-state index < -0.39 is 5.60 Å². The number of alkyl halides is 1. The molecule has 3 nitrogen and oxygen atoms in total. The summed E-state index contributed by atoms with van der Waals surface area (Å²) in [5.74, 6) is 0. The number of amides is 1. The summed E-state index contributed by atoms with van der Waals surface area (Å²) in [7, 11) is 2.16. The topological polar surface area (TPSA) is 29.5 Å². The second-order valence-electron chi connectivity index (χ2n) is 5.32. The van der Waals surface area contributed by atoms with Crippen LogP contribution in [-0.2, 0) is 4.74 Å². The molecule has 0 aromatic carbocycles. The van der Waals surface area contributed by atoms with E-state index in [1.807, 2.05) is 20.8 Å². The zero-order valence-corrected chi connectivity index (χ0v) is 11.6. The SMILES string of the molecule is BCC1(CBr)CN(C(=O)OC(C)(C)C)C1. The van der Waals surface area contributed by atoms with Gasteiger partial charge in [-0.1, -0.05) is 22.3 Å². The Morgan fingerprint density at radius 1 is 1.53 bits per heavy atom. The molecule has 1 rings (SSSR count). The van der Waals surface area contributed by atoms with E-state index in [0.29, 0.717) is 0 Å². The quantitative estimate of drug-likeness (QED) is 0.567. The first-order chi connectivity index (χ1) is 6.82. The molecular formula is C10H19BBrNO2. The van der Waals surface area contributed by atoms with Gasteiger partial charge in [-0.2, -0.15) is 0 Å². The van der Waals surface area contributed by atoms with Gasteiger partial charge in [0.15, 0.2) is 0 Å². The Balaban J connectivity index is 2.42. The molecule has 86 valence electrons. The van der Waals surface area contributed by atoms with Crippen molar-refractivity contribution >= 4 is 29.9 Å². The van der Waals surface area contributed by atoms with Crippen molar-refractivity contribution < 1.29 is 9.53 Å². The fourth-order valence-corrected chi connectivity index (χ4v) is 2.37. The maximum Gasteiger partial charge on any atom is 0.410 e. The van der Waals surface area contributed by atoms with Gasteiger partial charge in [-0.25, -0.2) is 4.79 Å². The molecule has 0 spiro atoms. The molecule has 0 unspecified atom stereocenters. The van der Waals surface area contributed by atoms with Gasteiger partial charge in [0.25, 0.3) is 0 Å². The first-order valence-corrected chi connectivity index (χ1v) is 6.48. The first kappa shape index (κ1) is 12.9. The average Bonchev–Trinajstić information content (AvgIpc) is 2.00. The van der Waals surface area contributed by atoms with Crippen molar-refractivity contribution in [1.29, 1.82) is 0 Å².